The normalized spacial score (nSPS) is 15.4. The Bertz CT molecular complexity index is 432. The summed E-state index contributed by atoms with van der Waals surface area (Å²) < 4.78 is 1.10. The van der Waals surface area contributed by atoms with E-state index in [1.54, 1.807) is 0 Å². The molecule has 0 spiro atoms. The third-order valence-electron chi connectivity index (χ3n) is 3.91. The Labute approximate surface area is 130 Å². The average molecular weight is 341 g/mol. The second kappa shape index (κ2) is 7.43. The molecule has 0 radical (unpaired) electrons. The van der Waals surface area contributed by atoms with E-state index in [9.17, 15) is 5.11 Å². The summed E-state index contributed by atoms with van der Waals surface area (Å²) in [7, 11) is 0. The molecular weight excluding hydrogens is 316 g/mol. The standard InChI is InChI=1S/C16H25BrN2O/c1-12(2)18-11-13-6-7-14(17)10-16(13)19(8-9-20)15-4-3-5-15/h6-7,10,12,15,18,20H,3-5,8-9,11H2,1-2H3. The number of anilines is 1. The number of halogens is 1. The summed E-state index contributed by atoms with van der Waals surface area (Å²) in [6, 6.07) is 7.53. The first-order valence-corrected chi connectivity index (χ1v) is 8.30. The molecule has 1 aromatic carbocycles. The Balaban J connectivity index is 2.23. The predicted molar refractivity (Wildman–Crippen MR) is 88.2 cm³/mol. The van der Waals surface area contributed by atoms with Crippen molar-refractivity contribution < 1.29 is 5.11 Å². The van der Waals surface area contributed by atoms with E-state index in [4.69, 9.17) is 0 Å². The van der Waals surface area contributed by atoms with Crippen LogP contribution in [0, 0.1) is 0 Å². The van der Waals surface area contributed by atoms with Crippen LogP contribution in [0.5, 0.6) is 0 Å². The van der Waals surface area contributed by atoms with Gasteiger partial charge in [0, 0.05) is 35.3 Å². The molecule has 0 heterocycles. The fourth-order valence-corrected chi connectivity index (χ4v) is 2.92. The fourth-order valence-electron chi connectivity index (χ4n) is 2.57. The van der Waals surface area contributed by atoms with E-state index in [0.717, 1.165) is 17.6 Å². The van der Waals surface area contributed by atoms with E-state index in [1.165, 1.54) is 30.5 Å². The van der Waals surface area contributed by atoms with Crippen LogP contribution in [0.1, 0.15) is 38.7 Å². The van der Waals surface area contributed by atoms with Gasteiger partial charge in [-0.25, -0.2) is 0 Å². The van der Waals surface area contributed by atoms with Crippen LogP contribution in [0.4, 0.5) is 5.69 Å². The van der Waals surface area contributed by atoms with Crippen molar-refractivity contribution in [3.8, 4) is 0 Å². The summed E-state index contributed by atoms with van der Waals surface area (Å²) in [6.07, 6.45) is 3.79. The van der Waals surface area contributed by atoms with Gasteiger partial charge in [-0.3, -0.25) is 0 Å². The third kappa shape index (κ3) is 3.96. The lowest BCUT2D eigenvalue weighted by atomic mass is 9.90. The predicted octanol–water partition coefficient (Wildman–Crippen LogP) is 3.30. The van der Waals surface area contributed by atoms with Gasteiger partial charge >= 0.3 is 0 Å². The first-order valence-electron chi connectivity index (χ1n) is 7.51. The molecule has 0 aromatic heterocycles. The first-order chi connectivity index (χ1) is 9.61. The van der Waals surface area contributed by atoms with Crippen LogP contribution in [0.15, 0.2) is 22.7 Å². The SMILES string of the molecule is CC(C)NCc1ccc(Br)cc1N(CCO)C1CCC1. The van der Waals surface area contributed by atoms with Crippen LogP contribution in [-0.4, -0.2) is 30.3 Å². The maximum Gasteiger partial charge on any atom is 0.0606 e. The maximum absolute atomic E-state index is 9.38. The molecule has 0 saturated heterocycles. The molecule has 1 aliphatic rings. The van der Waals surface area contributed by atoms with Gasteiger partial charge in [-0.05, 0) is 37.0 Å². The molecule has 0 bridgehead atoms. The number of hydrogen-bond donors (Lipinski definition) is 2. The summed E-state index contributed by atoms with van der Waals surface area (Å²) >= 11 is 3.58. The van der Waals surface area contributed by atoms with E-state index >= 15 is 0 Å². The van der Waals surface area contributed by atoms with Crippen LogP contribution in [0.3, 0.4) is 0 Å². The first kappa shape index (κ1) is 15.8. The number of nitrogens with one attached hydrogen (secondary N) is 1. The topological polar surface area (TPSA) is 35.5 Å². The highest BCUT2D eigenvalue weighted by Crippen LogP contribution is 2.33. The quantitative estimate of drug-likeness (QED) is 0.799. The van der Waals surface area contributed by atoms with Crippen LogP contribution >= 0.6 is 15.9 Å². The summed E-state index contributed by atoms with van der Waals surface area (Å²) in [5, 5.41) is 12.9. The van der Waals surface area contributed by atoms with E-state index < -0.39 is 0 Å². The van der Waals surface area contributed by atoms with Gasteiger partial charge in [-0.2, -0.15) is 0 Å². The molecule has 1 saturated carbocycles. The molecule has 3 nitrogen and oxygen atoms in total. The zero-order valence-corrected chi connectivity index (χ0v) is 14.0. The maximum atomic E-state index is 9.38. The molecule has 0 atom stereocenters. The monoisotopic (exact) mass is 340 g/mol. The van der Waals surface area contributed by atoms with Crippen molar-refractivity contribution in [2.45, 2.75) is 51.7 Å². The van der Waals surface area contributed by atoms with Gasteiger partial charge in [0.25, 0.3) is 0 Å². The Hall–Kier alpha value is -0.580. The molecule has 1 aliphatic carbocycles. The fraction of sp³-hybridized carbons (Fsp3) is 0.625. The molecule has 1 aromatic rings. The Morgan fingerprint density at radius 3 is 2.70 bits per heavy atom. The minimum absolute atomic E-state index is 0.208. The Kier molecular flexibility index (Phi) is 5.87. The molecule has 0 unspecified atom stereocenters. The lowest BCUT2D eigenvalue weighted by Gasteiger charge is -2.40. The van der Waals surface area contributed by atoms with Crippen molar-refractivity contribution in [1.82, 2.24) is 5.32 Å². The highest BCUT2D eigenvalue weighted by molar-refractivity contribution is 9.10. The van der Waals surface area contributed by atoms with E-state index in [-0.39, 0.29) is 6.61 Å². The van der Waals surface area contributed by atoms with Crippen molar-refractivity contribution in [2.75, 3.05) is 18.1 Å². The third-order valence-corrected chi connectivity index (χ3v) is 4.41. The van der Waals surface area contributed by atoms with Gasteiger partial charge in [-0.1, -0.05) is 35.8 Å². The van der Waals surface area contributed by atoms with E-state index in [2.05, 4.69) is 58.2 Å². The minimum atomic E-state index is 0.208. The molecule has 0 amide bonds. The number of benzene rings is 1. The summed E-state index contributed by atoms with van der Waals surface area (Å²) in [4.78, 5) is 2.38. The highest BCUT2D eigenvalue weighted by Gasteiger charge is 2.26. The lowest BCUT2D eigenvalue weighted by molar-refractivity contribution is 0.283. The summed E-state index contributed by atoms with van der Waals surface area (Å²) in [5.74, 6) is 0. The van der Waals surface area contributed by atoms with Gasteiger partial charge in [0.15, 0.2) is 0 Å². The van der Waals surface area contributed by atoms with Crippen LogP contribution in [0.2, 0.25) is 0 Å². The zero-order chi connectivity index (χ0) is 14.5. The van der Waals surface area contributed by atoms with Gasteiger partial charge in [0.1, 0.15) is 0 Å². The number of hydrogen-bond acceptors (Lipinski definition) is 3. The molecular formula is C16H25BrN2O. The van der Waals surface area contributed by atoms with Gasteiger partial charge < -0.3 is 15.3 Å². The zero-order valence-electron chi connectivity index (χ0n) is 12.4. The Morgan fingerprint density at radius 1 is 1.40 bits per heavy atom. The molecule has 2 rings (SSSR count). The lowest BCUT2D eigenvalue weighted by Crippen LogP contribution is -2.42. The second-order valence-electron chi connectivity index (χ2n) is 5.81. The molecule has 4 heteroatoms. The van der Waals surface area contributed by atoms with E-state index in [1.807, 2.05) is 0 Å². The molecule has 112 valence electrons. The van der Waals surface area contributed by atoms with Crippen LogP contribution in [0.25, 0.3) is 0 Å². The van der Waals surface area contributed by atoms with Crippen LogP contribution < -0.4 is 10.2 Å². The van der Waals surface area contributed by atoms with Crippen molar-refractivity contribution in [1.29, 1.82) is 0 Å². The molecule has 1 fully saturated rings. The number of aliphatic hydroxyl groups excluding tert-OH is 1. The van der Waals surface area contributed by atoms with Gasteiger partial charge in [-0.15, -0.1) is 0 Å². The van der Waals surface area contributed by atoms with Crippen molar-refractivity contribution >= 4 is 21.6 Å². The Morgan fingerprint density at radius 2 is 2.15 bits per heavy atom. The van der Waals surface area contributed by atoms with E-state index in [0.29, 0.717) is 12.1 Å². The number of nitrogens with zero attached hydrogens (tertiary/aromatic N) is 1. The summed E-state index contributed by atoms with van der Waals surface area (Å²) in [6.45, 7) is 6.12. The number of rotatable bonds is 7. The van der Waals surface area contributed by atoms with Gasteiger partial charge in [0.05, 0.1) is 6.61 Å². The van der Waals surface area contributed by atoms with Crippen LogP contribution in [-0.2, 0) is 6.54 Å². The minimum Gasteiger partial charge on any atom is -0.395 e. The smallest absolute Gasteiger partial charge is 0.0606 e. The average Bonchev–Trinajstić information content (AvgIpc) is 2.34. The van der Waals surface area contributed by atoms with Crippen molar-refractivity contribution in [3.05, 3.63) is 28.2 Å². The second-order valence-corrected chi connectivity index (χ2v) is 6.73. The van der Waals surface area contributed by atoms with Crippen molar-refractivity contribution in [2.24, 2.45) is 0 Å². The largest absolute Gasteiger partial charge is 0.395 e. The summed E-state index contributed by atoms with van der Waals surface area (Å²) in [5.41, 5.74) is 2.56. The van der Waals surface area contributed by atoms with Gasteiger partial charge in [0.2, 0.25) is 0 Å². The molecule has 20 heavy (non-hydrogen) atoms. The molecule has 0 aliphatic heterocycles. The molecule has 2 N–H and O–H groups in total. The highest BCUT2D eigenvalue weighted by atomic mass is 79.9. The number of aliphatic hydroxyl groups is 1. The van der Waals surface area contributed by atoms with Crippen molar-refractivity contribution in [3.63, 3.8) is 0 Å².